The van der Waals surface area contributed by atoms with E-state index in [1.165, 1.54) is 54.3 Å². The van der Waals surface area contributed by atoms with Gasteiger partial charge in [0.05, 0.1) is 0 Å². The zero-order valence-corrected chi connectivity index (χ0v) is 19.2. The van der Waals surface area contributed by atoms with Crippen molar-refractivity contribution in [3.8, 4) is 0 Å². The predicted molar refractivity (Wildman–Crippen MR) is 118 cm³/mol. The van der Waals surface area contributed by atoms with Crippen molar-refractivity contribution in [1.29, 1.82) is 0 Å². The maximum atomic E-state index is 12.7. The van der Waals surface area contributed by atoms with E-state index in [4.69, 9.17) is 5.26 Å². The Hall–Kier alpha value is -3.23. The van der Waals surface area contributed by atoms with Crippen LogP contribution in [0.3, 0.4) is 0 Å². The monoisotopic (exact) mass is 504 g/mol. The van der Waals surface area contributed by atoms with Crippen molar-refractivity contribution >= 4 is 41.7 Å². The summed E-state index contributed by atoms with van der Waals surface area (Å²) in [5.74, 6) is -0.879. The molecule has 0 aromatic heterocycles. The number of carbonyl (C=O) groups excluding carboxylic acids is 2. The second kappa shape index (κ2) is 11.4. The summed E-state index contributed by atoms with van der Waals surface area (Å²) in [5, 5.41) is 10.7. The molecule has 0 spiro atoms. The first-order valence-electron chi connectivity index (χ1n) is 9.27. The summed E-state index contributed by atoms with van der Waals surface area (Å²) < 4.78 is 36.9. The molecular weight excluding hydrogens is 482 g/mol. The summed E-state index contributed by atoms with van der Waals surface area (Å²) in [7, 11) is 1.70. The van der Waals surface area contributed by atoms with Crippen LogP contribution >= 0.6 is 0 Å². The molecule has 1 atom stereocenters. The SMILES string of the molecule is CC(=O)Nc1ccccc1[As](=O)(O)OO.CN(C(=O)c1ccc(F)cc1)c1ccccc1. The summed E-state index contributed by atoms with van der Waals surface area (Å²) in [6.45, 7) is 1.27. The first kappa shape index (κ1) is 25.0. The van der Waals surface area contributed by atoms with Gasteiger partial charge in [-0.3, -0.25) is 4.79 Å². The molecule has 8 nitrogen and oxygen atoms in total. The van der Waals surface area contributed by atoms with Crippen LogP contribution in [0, 0.1) is 5.82 Å². The third kappa shape index (κ3) is 6.90. The van der Waals surface area contributed by atoms with Crippen molar-refractivity contribution in [2.24, 2.45) is 0 Å². The van der Waals surface area contributed by atoms with E-state index in [1.54, 1.807) is 13.1 Å². The van der Waals surface area contributed by atoms with Crippen LogP contribution in [-0.4, -0.2) is 42.4 Å². The molecule has 1 unspecified atom stereocenters. The fraction of sp³-hybridized carbons (Fsp3) is 0.0909. The van der Waals surface area contributed by atoms with Crippen LogP contribution in [0.5, 0.6) is 0 Å². The van der Waals surface area contributed by atoms with E-state index in [0.717, 1.165) is 5.69 Å². The first-order valence-corrected chi connectivity index (χ1v) is 12.6. The molecule has 0 heterocycles. The Morgan fingerprint density at radius 1 is 0.969 bits per heavy atom. The summed E-state index contributed by atoms with van der Waals surface area (Å²) in [6.07, 6.45) is 0. The van der Waals surface area contributed by atoms with E-state index in [9.17, 15) is 21.8 Å². The predicted octanol–water partition coefficient (Wildman–Crippen LogP) is 2.81. The van der Waals surface area contributed by atoms with Crippen molar-refractivity contribution in [3.05, 3.63) is 90.2 Å². The molecule has 3 N–H and O–H groups in total. The number of nitrogens with zero attached hydrogens (tertiary/aromatic N) is 1. The Labute approximate surface area is 187 Å². The molecular formula is C22H22AsFN2O6. The molecule has 3 aromatic carbocycles. The van der Waals surface area contributed by atoms with Gasteiger partial charge in [0.2, 0.25) is 0 Å². The Balaban J connectivity index is 0.000000229. The molecule has 0 bridgehead atoms. The van der Waals surface area contributed by atoms with Gasteiger partial charge in [-0.2, -0.15) is 0 Å². The van der Waals surface area contributed by atoms with Crippen LogP contribution in [-0.2, 0) is 12.4 Å². The topological polar surface area (TPSA) is 116 Å². The summed E-state index contributed by atoms with van der Waals surface area (Å²) in [6, 6.07) is 20.7. The summed E-state index contributed by atoms with van der Waals surface area (Å²) in [5.41, 5.74) is 1.43. The molecule has 0 aliphatic carbocycles. The first-order chi connectivity index (χ1) is 15.2. The smallest absolute Gasteiger partial charge is 0.258 e. The molecule has 0 fully saturated rings. The van der Waals surface area contributed by atoms with E-state index < -0.39 is 14.2 Å². The zero-order valence-electron chi connectivity index (χ0n) is 17.3. The molecule has 3 aromatic rings. The zero-order chi connectivity index (χ0) is 23.7. The Morgan fingerprint density at radius 2 is 1.53 bits per heavy atom. The minimum atomic E-state index is -4.92. The maximum absolute atomic E-state index is 12.7. The molecule has 168 valence electrons. The molecule has 0 aliphatic heterocycles. The van der Waals surface area contributed by atoms with Gasteiger partial charge >= 0.3 is 88.4 Å². The third-order valence-electron chi connectivity index (χ3n) is 4.17. The number of amides is 2. The van der Waals surface area contributed by atoms with Crippen LogP contribution in [0.2, 0.25) is 0 Å². The van der Waals surface area contributed by atoms with Crippen molar-refractivity contribution < 1.29 is 30.9 Å². The van der Waals surface area contributed by atoms with Crippen molar-refractivity contribution in [2.45, 2.75) is 6.92 Å². The van der Waals surface area contributed by atoms with E-state index in [2.05, 4.69) is 9.19 Å². The molecule has 32 heavy (non-hydrogen) atoms. The van der Waals surface area contributed by atoms with Crippen molar-refractivity contribution in [2.75, 3.05) is 17.3 Å². The standard InChI is InChI=1S/C14H12FNO.C8H10AsNO5/c1-16(13-5-3-2-4-6-13)14(17)11-7-9-12(15)10-8-11;1-6(11)10-8-5-3-2-4-7(8)9(12,13)15-14/h2-10H,1H3;2-5,14H,1H3,(H,10,11)(H,12,13). The van der Waals surface area contributed by atoms with E-state index >= 15 is 0 Å². The average molecular weight is 504 g/mol. The van der Waals surface area contributed by atoms with E-state index in [1.807, 2.05) is 30.3 Å². The number of benzene rings is 3. The number of para-hydroxylation sites is 2. The fourth-order valence-electron chi connectivity index (χ4n) is 2.61. The maximum Gasteiger partial charge on any atom is 0.258 e. The van der Waals surface area contributed by atoms with Crippen molar-refractivity contribution in [1.82, 2.24) is 0 Å². The Morgan fingerprint density at radius 3 is 2.09 bits per heavy atom. The minimum absolute atomic E-state index is 0.103. The van der Waals surface area contributed by atoms with Crippen LogP contribution in [0.1, 0.15) is 17.3 Å². The van der Waals surface area contributed by atoms with E-state index in [-0.39, 0.29) is 27.7 Å². The van der Waals surface area contributed by atoms with Gasteiger partial charge in [-0.15, -0.1) is 0 Å². The molecule has 0 radical (unpaired) electrons. The Kier molecular flexibility index (Phi) is 8.92. The number of rotatable bonds is 5. The van der Waals surface area contributed by atoms with Crippen LogP contribution in [0.25, 0.3) is 0 Å². The van der Waals surface area contributed by atoms with Gasteiger partial charge in [0.15, 0.2) is 0 Å². The van der Waals surface area contributed by atoms with Gasteiger partial charge in [0.25, 0.3) is 5.91 Å². The second-order valence-electron chi connectivity index (χ2n) is 6.51. The number of anilines is 2. The van der Waals surface area contributed by atoms with Gasteiger partial charge in [-0.1, -0.05) is 18.2 Å². The number of halogens is 1. The molecule has 0 aliphatic rings. The van der Waals surface area contributed by atoms with Gasteiger partial charge in [0, 0.05) is 18.3 Å². The average Bonchev–Trinajstić information content (AvgIpc) is 2.79. The molecule has 2 amide bonds. The molecule has 10 heteroatoms. The van der Waals surface area contributed by atoms with Gasteiger partial charge < -0.3 is 4.90 Å². The van der Waals surface area contributed by atoms with Gasteiger partial charge in [-0.25, -0.2) is 4.39 Å². The number of hydrogen-bond donors (Lipinski definition) is 3. The van der Waals surface area contributed by atoms with Gasteiger partial charge in [0.1, 0.15) is 5.82 Å². The van der Waals surface area contributed by atoms with Crippen LogP contribution in [0.15, 0.2) is 78.9 Å². The third-order valence-corrected chi connectivity index (χ3v) is 6.73. The van der Waals surface area contributed by atoms with Crippen molar-refractivity contribution in [3.63, 3.8) is 0 Å². The fourth-order valence-corrected chi connectivity index (χ4v) is 4.29. The normalized spacial score (nSPS) is 12.0. The van der Waals surface area contributed by atoms with Gasteiger partial charge in [-0.05, 0) is 36.4 Å². The Bertz CT molecular complexity index is 1110. The second-order valence-corrected chi connectivity index (χ2v) is 10.0. The number of carbonyl (C=O) groups is 2. The number of hydrogen-bond acceptors (Lipinski definition) is 5. The summed E-state index contributed by atoms with van der Waals surface area (Å²) >= 11 is -4.92. The van der Waals surface area contributed by atoms with E-state index in [0.29, 0.717) is 5.56 Å². The molecule has 0 saturated heterocycles. The largest absolute Gasteiger partial charge is 0.311 e. The number of nitrogens with one attached hydrogen (secondary N) is 1. The van der Waals surface area contributed by atoms with Crippen LogP contribution < -0.4 is 14.6 Å². The van der Waals surface area contributed by atoms with Crippen LogP contribution in [0.4, 0.5) is 15.8 Å². The minimum Gasteiger partial charge on any atom is -0.311 e. The summed E-state index contributed by atoms with van der Waals surface area (Å²) in [4.78, 5) is 24.4. The quantitative estimate of drug-likeness (QED) is 0.280. The molecule has 3 rings (SSSR count). The molecule has 0 saturated carbocycles.